The molecule has 1 unspecified atom stereocenters. The molecule has 132 valence electrons. The Morgan fingerprint density at radius 3 is 2.38 bits per heavy atom. The van der Waals surface area contributed by atoms with Crippen molar-refractivity contribution < 1.29 is 23.8 Å². The van der Waals surface area contributed by atoms with E-state index in [2.05, 4.69) is 0 Å². The molecular formula is C18H25NO5. The van der Waals surface area contributed by atoms with Crippen molar-refractivity contribution in [2.75, 3.05) is 27.4 Å². The second-order valence-electron chi connectivity index (χ2n) is 6.06. The van der Waals surface area contributed by atoms with Crippen LogP contribution in [-0.2, 0) is 20.7 Å². The number of benzene rings is 1. The highest BCUT2D eigenvalue weighted by molar-refractivity contribution is 6.32. The topological polar surface area (TPSA) is 65.1 Å². The zero-order chi connectivity index (χ0) is 17.9. The van der Waals surface area contributed by atoms with Crippen LogP contribution in [0.4, 0.5) is 0 Å². The fourth-order valence-electron chi connectivity index (χ4n) is 3.23. The highest BCUT2D eigenvalue weighted by Crippen LogP contribution is 2.41. The molecule has 0 fully saturated rings. The van der Waals surface area contributed by atoms with Crippen molar-refractivity contribution in [3.8, 4) is 11.5 Å². The van der Waals surface area contributed by atoms with Gasteiger partial charge in [-0.15, -0.1) is 0 Å². The second kappa shape index (κ2) is 7.55. The summed E-state index contributed by atoms with van der Waals surface area (Å²) < 4.78 is 15.6. The summed E-state index contributed by atoms with van der Waals surface area (Å²) >= 11 is 0. The van der Waals surface area contributed by atoms with Crippen molar-refractivity contribution in [3.05, 3.63) is 23.3 Å². The van der Waals surface area contributed by atoms with Crippen LogP contribution >= 0.6 is 0 Å². The molecule has 6 heteroatoms. The fraction of sp³-hybridized carbons (Fsp3) is 0.556. The molecule has 0 aromatic heterocycles. The Bertz CT molecular complexity index is 626. The van der Waals surface area contributed by atoms with E-state index in [0.717, 1.165) is 11.1 Å². The molecule has 0 aliphatic carbocycles. The van der Waals surface area contributed by atoms with Crippen molar-refractivity contribution in [1.82, 2.24) is 4.90 Å². The number of amides is 1. The average molecular weight is 335 g/mol. The number of hydrogen-bond donors (Lipinski definition) is 0. The van der Waals surface area contributed by atoms with Gasteiger partial charge in [0.05, 0.1) is 26.9 Å². The predicted octanol–water partition coefficient (Wildman–Crippen LogP) is 2.35. The Balaban J connectivity index is 2.44. The molecule has 1 aliphatic rings. The van der Waals surface area contributed by atoms with E-state index in [1.54, 1.807) is 26.0 Å². The Hall–Kier alpha value is -2.24. The van der Waals surface area contributed by atoms with Gasteiger partial charge in [-0.25, -0.2) is 4.79 Å². The molecule has 0 saturated heterocycles. The van der Waals surface area contributed by atoms with Crippen LogP contribution in [0, 0.1) is 5.92 Å². The number of ether oxygens (including phenoxy) is 3. The first-order valence-corrected chi connectivity index (χ1v) is 8.17. The van der Waals surface area contributed by atoms with Crippen molar-refractivity contribution in [2.45, 2.75) is 33.2 Å². The van der Waals surface area contributed by atoms with Gasteiger partial charge in [-0.3, -0.25) is 4.79 Å². The van der Waals surface area contributed by atoms with Gasteiger partial charge in [0.1, 0.15) is 0 Å². The average Bonchev–Trinajstić information content (AvgIpc) is 2.58. The number of carbonyl (C=O) groups is 2. The first kappa shape index (κ1) is 18.1. The third kappa shape index (κ3) is 3.32. The van der Waals surface area contributed by atoms with Crippen molar-refractivity contribution in [3.63, 3.8) is 0 Å². The Kier molecular flexibility index (Phi) is 5.70. The minimum Gasteiger partial charge on any atom is -0.493 e. The van der Waals surface area contributed by atoms with Crippen LogP contribution in [0.2, 0.25) is 0 Å². The normalized spacial score (nSPS) is 16.6. The highest BCUT2D eigenvalue weighted by atomic mass is 16.5. The fourth-order valence-corrected chi connectivity index (χ4v) is 3.23. The number of rotatable bonds is 4. The molecule has 6 nitrogen and oxygen atoms in total. The predicted molar refractivity (Wildman–Crippen MR) is 89.2 cm³/mol. The molecule has 1 atom stereocenters. The zero-order valence-electron chi connectivity index (χ0n) is 14.9. The van der Waals surface area contributed by atoms with Gasteiger partial charge < -0.3 is 19.1 Å². The van der Waals surface area contributed by atoms with E-state index < -0.39 is 11.9 Å². The van der Waals surface area contributed by atoms with Gasteiger partial charge in [-0.2, -0.15) is 0 Å². The van der Waals surface area contributed by atoms with Crippen LogP contribution in [0.5, 0.6) is 11.5 Å². The smallest absolute Gasteiger partial charge is 0.397 e. The van der Waals surface area contributed by atoms with Crippen LogP contribution in [-0.4, -0.2) is 44.1 Å². The van der Waals surface area contributed by atoms with Crippen molar-refractivity contribution in [2.24, 2.45) is 5.92 Å². The lowest BCUT2D eigenvalue weighted by Gasteiger charge is -2.39. The molecule has 2 rings (SSSR count). The molecule has 0 saturated carbocycles. The molecule has 1 aromatic carbocycles. The zero-order valence-corrected chi connectivity index (χ0v) is 14.9. The number of hydrogen-bond acceptors (Lipinski definition) is 5. The third-order valence-electron chi connectivity index (χ3n) is 4.26. The Morgan fingerprint density at radius 1 is 1.21 bits per heavy atom. The number of nitrogens with zero attached hydrogens (tertiary/aromatic N) is 1. The summed E-state index contributed by atoms with van der Waals surface area (Å²) in [6.45, 7) is 6.41. The van der Waals surface area contributed by atoms with Gasteiger partial charge in [0, 0.05) is 6.54 Å². The number of methoxy groups -OCH3 is 2. The maximum atomic E-state index is 12.5. The van der Waals surface area contributed by atoms with Gasteiger partial charge >= 0.3 is 11.9 Å². The maximum Gasteiger partial charge on any atom is 0.397 e. The van der Waals surface area contributed by atoms with Crippen LogP contribution in [0.15, 0.2) is 12.1 Å². The summed E-state index contributed by atoms with van der Waals surface area (Å²) in [4.78, 5) is 26.0. The van der Waals surface area contributed by atoms with Gasteiger partial charge in [0.15, 0.2) is 11.5 Å². The minimum absolute atomic E-state index is 0.139. The molecule has 1 heterocycles. The Morgan fingerprint density at radius 2 is 1.83 bits per heavy atom. The quantitative estimate of drug-likeness (QED) is 0.624. The van der Waals surface area contributed by atoms with E-state index in [4.69, 9.17) is 14.2 Å². The summed E-state index contributed by atoms with van der Waals surface area (Å²) in [6.07, 6.45) is 0.657. The highest BCUT2D eigenvalue weighted by Gasteiger charge is 2.37. The van der Waals surface area contributed by atoms with Crippen LogP contribution in [0.1, 0.15) is 37.9 Å². The summed E-state index contributed by atoms with van der Waals surface area (Å²) in [6, 6.07) is 3.66. The van der Waals surface area contributed by atoms with Gasteiger partial charge in [0.2, 0.25) is 0 Å². The van der Waals surface area contributed by atoms with Crippen molar-refractivity contribution >= 4 is 11.9 Å². The van der Waals surface area contributed by atoms with Crippen LogP contribution in [0.25, 0.3) is 0 Å². The monoisotopic (exact) mass is 335 g/mol. The van der Waals surface area contributed by atoms with Crippen LogP contribution < -0.4 is 9.47 Å². The van der Waals surface area contributed by atoms with Gasteiger partial charge in [-0.05, 0) is 42.5 Å². The standard InChI is InChI=1S/C18H25NO5/c1-6-24-18(21)17(20)19-8-7-12-9-14(22-4)15(23-5)10-13(12)16(19)11(2)3/h9-11,16H,6-8H2,1-5H3. The number of carbonyl (C=O) groups excluding carboxylic acids is 2. The SMILES string of the molecule is CCOC(=O)C(=O)N1CCc2cc(OC)c(OC)cc2C1C(C)C. The van der Waals surface area contributed by atoms with E-state index >= 15 is 0 Å². The van der Waals surface area contributed by atoms with E-state index in [1.807, 2.05) is 26.0 Å². The summed E-state index contributed by atoms with van der Waals surface area (Å²) in [7, 11) is 3.18. The van der Waals surface area contributed by atoms with Gasteiger partial charge in [0.25, 0.3) is 0 Å². The number of esters is 1. The summed E-state index contributed by atoms with van der Waals surface area (Å²) in [5.41, 5.74) is 2.10. The lowest BCUT2D eigenvalue weighted by molar-refractivity contribution is -0.162. The molecule has 1 amide bonds. The molecule has 0 spiro atoms. The van der Waals surface area contributed by atoms with E-state index in [1.165, 1.54) is 0 Å². The van der Waals surface area contributed by atoms with E-state index in [-0.39, 0.29) is 18.6 Å². The molecule has 1 aliphatic heterocycles. The molecular weight excluding hydrogens is 310 g/mol. The van der Waals surface area contributed by atoms with E-state index in [0.29, 0.717) is 24.5 Å². The first-order valence-electron chi connectivity index (χ1n) is 8.17. The van der Waals surface area contributed by atoms with E-state index in [9.17, 15) is 9.59 Å². The van der Waals surface area contributed by atoms with Gasteiger partial charge in [-0.1, -0.05) is 13.8 Å². The lowest BCUT2D eigenvalue weighted by atomic mass is 9.85. The molecule has 0 bridgehead atoms. The molecule has 0 radical (unpaired) electrons. The minimum atomic E-state index is -0.799. The van der Waals surface area contributed by atoms with Crippen molar-refractivity contribution in [1.29, 1.82) is 0 Å². The molecule has 1 aromatic rings. The van der Waals surface area contributed by atoms with Crippen LogP contribution in [0.3, 0.4) is 0 Å². The first-order chi connectivity index (χ1) is 11.4. The maximum absolute atomic E-state index is 12.5. The second-order valence-corrected chi connectivity index (χ2v) is 6.06. The Labute approximate surface area is 142 Å². The lowest BCUT2D eigenvalue weighted by Crippen LogP contribution is -2.45. The third-order valence-corrected chi connectivity index (χ3v) is 4.26. The summed E-state index contributed by atoms with van der Waals surface area (Å²) in [5.74, 6) is 0.0415. The summed E-state index contributed by atoms with van der Waals surface area (Å²) in [5, 5.41) is 0. The molecule has 0 N–H and O–H groups in total. The largest absolute Gasteiger partial charge is 0.493 e. The number of fused-ring (bicyclic) bond motifs is 1. The molecule has 24 heavy (non-hydrogen) atoms.